The average Bonchev–Trinajstić information content (AvgIpc) is 2.96. The Balaban J connectivity index is 1.96. The number of carbonyl (C=O) groups is 1. The fourth-order valence-electron chi connectivity index (χ4n) is 3.13. The van der Waals surface area contributed by atoms with E-state index in [1.54, 1.807) is 0 Å². The van der Waals surface area contributed by atoms with E-state index in [-0.39, 0.29) is 17.7 Å². The van der Waals surface area contributed by atoms with Gasteiger partial charge in [-0.1, -0.05) is 32.3 Å². The van der Waals surface area contributed by atoms with Crippen LogP contribution in [0.25, 0.3) is 0 Å². The van der Waals surface area contributed by atoms with Crippen molar-refractivity contribution in [1.82, 2.24) is 20.4 Å². The van der Waals surface area contributed by atoms with E-state index in [0.717, 1.165) is 25.9 Å². The summed E-state index contributed by atoms with van der Waals surface area (Å²) >= 11 is 0. The van der Waals surface area contributed by atoms with Crippen molar-refractivity contribution in [1.29, 1.82) is 0 Å². The Kier molecular flexibility index (Phi) is 6.16. The average molecular weight is 322 g/mol. The zero-order chi connectivity index (χ0) is 16.9. The lowest BCUT2D eigenvalue weighted by molar-refractivity contribution is -0.120. The van der Waals surface area contributed by atoms with Crippen LogP contribution in [0.3, 0.4) is 0 Å². The van der Waals surface area contributed by atoms with Crippen molar-refractivity contribution < 1.29 is 9.32 Å². The number of amides is 1. The summed E-state index contributed by atoms with van der Waals surface area (Å²) < 4.78 is 5.48. The van der Waals surface area contributed by atoms with Crippen LogP contribution >= 0.6 is 0 Å². The Labute approximate surface area is 139 Å². The van der Waals surface area contributed by atoms with E-state index < -0.39 is 0 Å². The Morgan fingerprint density at radius 1 is 1.48 bits per heavy atom. The molecule has 1 saturated heterocycles. The van der Waals surface area contributed by atoms with Gasteiger partial charge in [0, 0.05) is 18.5 Å². The van der Waals surface area contributed by atoms with Gasteiger partial charge in [0.25, 0.3) is 0 Å². The molecule has 1 N–H and O–H groups in total. The number of unbranched alkanes of at least 4 members (excludes halogenated alkanes) is 1. The quantitative estimate of drug-likeness (QED) is 0.779. The predicted molar refractivity (Wildman–Crippen MR) is 89.2 cm³/mol. The largest absolute Gasteiger partial charge is 0.356 e. The topological polar surface area (TPSA) is 71.3 Å². The number of nitrogens with zero attached hydrogens (tertiary/aromatic N) is 3. The summed E-state index contributed by atoms with van der Waals surface area (Å²) in [4.78, 5) is 18.7. The highest BCUT2D eigenvalue weighted by Gasteiger charge is 2.38. The fraction of sp³-hybridized carbons (Fsp3) is 0.824. The van der Waals surface area contributed by atoms with E-state index in [0.29, 0.717) is 24.2 Å². The lowest BCUT2D eigenvalue weighted by Gasteiger charge is -2.38. The second-order valence-corrected chi connectivity index (χ2v) is 7.22. The van der Waals surface area contributed by atoms with Gasteiger partial charge in [-0.3, -0.25) is 4.79 Å². The first kappa shape index (κ1) is 17.9. The summed E-state index contributed by atoms with van der Waals surface area (Å²) in [5, 5.41) is 6.89. The molecular formula is C17H30N4O2. The van der Waals surface area contributed by atoms with Gasteiger partial charge < -0.3 is 14.7 Å². The third-order valence-electron chi connectivity index (χ3n) is 4.84. The van der Waals surface area contributed by atoms with Crippen molar-refractivity contribution in [3.05, 3.63) is 11.7 Å². The van der Waals surface area contributed by atoms with Crippen LogP contribution in [0.5, 0.6) is 0 Å². The lowest BCUT2D eigenvalue weighted by Crippen LogP contribution is -2.41. The zero-order valence-electron chi connectivity index (χ0n) is 14.9. The van der Waals surface area contributed by atoms with E-state index in [4.69, 9.17) is 4.52 Å². The van der Waals surface area contributed by atoms with Crippen LogP contribution in [0.15, 0.2) is 4.52 Å². The van der Waals surface area contributed by atoms with Crippen molar-refractivity contribution in [2.75, 3.05) is 26.7 Å². The highest BCUT2D eigenvalue weighted by molar-refractivity contribution is 5.77. The van der Waals surface area contributed by atoms with Crippen LogP contribution in [0.4, 0.5) is 0 Å². The molecule has 1 fully saturated rings. The van der Waals surface area contributed by atoms with Crippen molar-refractivity contribution in [2.24, 2.45) is 5.92 Å². The Bertz CT molecular complexity index is 512. The van der Waals surface area contributed by atoms with Crippen molar-refractivity contribution in [3.63, 3.8) is 0 Å². The molecule has 0 aromatic carbocycles. The molecule has 0 bridgehead atoms. The summed E-state index contributed by atoms with van der Waals surface area (Å²) in [7, 11) is 2.15. The first-order chi connectivity index (χ1) is 10.9. The molecule has 23 heavy (non-hydrogen) atoms. The molecule has 6 nitrogen and oxygen atoms in total. The molecule has 1 aliphatic heterocycles. The van der Waals surface area contributed by atoms with Gasteiger partial charge in [-0.05, 0) is 38.8 Å². The Morgan fingerprint density at radius 3 is 2.96 bits per heavy atom. The molecule has 130 valence electrons. The second kappa shape index (κ2) is 7.90. The maximum Gasteiger partial charge on any atom is 0.232 e. The molecule has 2 rings (SSSR count). The number of nitrogens with one attached hydrogen (secondary N) is 1. The van der Waals surface area contributed by atoms with Gasteiger partial charge in [-0.15, -0.1) is 0 Å². The predicted octanol–water partition coefficient (Wildman–Crippen LogP) is 2.15. The Morgan fingerprint density at radius 2 is 2.26 bits per heavy atom. The molecule has 0 spiro atoms. The first-order valence-corrected chi connectivity index (χ1v) is 8.71. The molecular weight excluding hydrogens is 292 g/mol. The molecule has 0 aliphatic carbocycles. The van der Waals surface area contributed by atoms with Crippen molar-refractivity contribution in [2.45, 2.75) is 58.3 Å². The van der Waals surface area contributed by atoms with Gasteiger partial charge in [-0.25, -0.2) is 0 Å². The minimum Gasteiger partial charge on any atom is -0.356 e. The number of piperidine rings is 1. The van der Waals surface area contributed by atoms with Crippen LogP contribution in [-0.2, 0) is 16.6 Å². The van der Waals surface area contributed by atoms with Crippen molar-refractivity contribution >= 4 is 5.91 Å². The SMILES string of the molecule is CCCCNC(=O)Cc1noc(C(C)(C)C2CCCN(C)C2)n1. The van der Waals surface area contributed by atoms with E-state index >= 15 is 0 Å². The second-order valence-electron chi connectivity index (χ2n) is 7.22. The monoisotopic (exact) mass is 322 g/mol. The minimum atomic E-state index is -0.168. The Hall–Kier alpha value is -1.43. The lowest BCUT2D eigenvalue weighted by atomic mass is 9.74. The summed E-state index contributed by atoms with van der Waals surface area (Å²) in [6.45, 7) is 9.33. The van der Waals surface area contributed by atoms with Gasteiger partial charge in [-0.2, -0.15) is 4.98 Å². The molecule has 0 saturated carbocycles. The van der Waals surface area contributed by atoms with Gasteiger partial charge >= 0.3 is 0 Å². The third-order valence-corrected chi connectivity index (χ3v) is 4.84. The zero-order valence-corrected chi connectivity index (χ0v) is 14.9. The smallest absolute Gasteiger partial charge is 0.232 e. The molecule has 1 aromatic heterocycles. The van der Waals surface area contributed by atoms with Crippen LogP contribution in [0.1, 0.15) is 58.2 Å². The third kappa shape index (κ3) is 4.77. The molecule has 6 heteroatoms. The van der Waals surface area contributed by atoms with Gasteiger partial charge in [0.15, 0.2) is 5.82 Å². The van der Waals surface area contributed by atoms with E-state index in [1.165, 1.54) is 12.8 Å². The summed E-state index contributed by atoms with van der Waals surface area (Å²) in [5.41, 5.74) is -0.168. The van der Waals surface area contributed by atoms with Crippen molar-refractivity contribution in [3.8, 4) is 0 Å². The molecule has 2 heterocycles. The van der Waals surface area contributed by atoms with Crippen LogP contribution in [0, 0.1) is 5.92 Å². The fourth-order valence-corrected chi connectivity index (χ4v) is 3.13. The van der Waals surface area contributed by atoms with Crippen LogP contribution in [0.2, 0.25) is 0 Å². The number of hydrogen-bond donors (Lipinski definition) is 1. The van der Waals surface area contributed by atoms with Gasteiger partial charge in [0.1, 0.15) is 0 Å². The molecule has 1 aliphatic rings. The highest BCUT2D eigenvalue weighted by atomic mass is 16.5. The van der Waals surface area contributed by atoms with Gasteiger partial charge in [0.2, 0.25) is 11.8 Å². The molecule has 1 aromatic rings. The summed E-state index contributed by atoms with van der Waals surface area (Å²) in [5.74, 6) is 1.58. The number of rotatable bonds is 7. The number of likely N-dealkylation sites (tertiary alicyclic amines) is 1. The number of carbonyl (C=O) groups excluding carboxylic acids is 1. The van der Waals surface area contributed by atoms with Crippen LogP contribution in [-0.4, -0.2) is 47.6 Å². The van der Waals surface area contributed by atoms with E-state index in [2.05, 4.69) is 48.2 Å². The standard InChI is InChI=1S/C17H30N4O2/c1-5-6-9-18-15(22)11-14-19-16(23-20-14)17(2,3)13-8-7-10-21(4)12-13/h13H,5-12H2,1-4H3,(H,18,22). The van der Waals surface area contributed by atoms with Crippen LogP contribution < -0.4 is 5.32 Å². The first-order valence-electron chi connectivity index (χ1n) is 8.71. The molecule has 1 amide bonds. The number of hydrogen-bond acceptors (Lipinski definition) is 5. The minimum absolute atomic E-state index is 0.0407. The molecule has 1 unspecified atom stereocenters. The van der Waals surface area contributed by atoms with E-state index in [1.807, 2.05) is 0 Å². The normalized spacial score (nSPS) is 19.7. The molecule has 1 atom stereocenters. The summed E-state index contributed by atoms with van der Waals surface area (Å²) in [6, 6.07) is 0. The maximum absolute atomic E-state index is 11.9. The van der Waals surface area contributed by atoms with Gasteiger partial charge in [0.05, 0.1) is 6.42 Å². The maximum atomic E-state index is 11.9. The van der Waals surface area contributed by atoms with E-state index in [9.17, 15) is 4.79 Å². The summed E-state index contributed by atoms with van der Waals surface area (Å²) in [6.07, 6.45) is 4.62. The molecule has 0 radical (unpaired) electrons. The number of aromatic nitrogens is 2. The highest BCUT2D eigenvalue weighted by Crippen LogP contribution is 2.35.